The molecular weight excluding hydrogens is 340 g/mol. The van der Waals surface area contributed by atoms with Crippen LogP contribution in [0.4, 0.5) is 10.5 Å². The highest BCUT2D eigenvalue weighted by atomic mass is 32.2. The number of urea groups is 1. The molecule has 2 aromatic carbocycles. The van der Waals surface area contributed by atoms with E-state index in [9.17, 15) is 13.2 Å². The number of anilines is 1. The van der Waals surface area contributed by atoms with Gasteiger partial charge in [0, 0.05) is 18.5 Å². The van der Waals surface area contributed by atoms with Crippen LogP contribution in [0.5, 0.6) is 11.5 Å². The first-order chi connectivity index (χ1) is 11.7. The molecule has 134 valence electrons. The summed E-state index contributed by atoms with van der Waals surface area (Å²) < 4.78 is 28.5. The smallest absolute Gasteiger partial charge is 0.319 e. The average Bonchev–Trinajstić information content (AvgIpc) is 2.54. The fraction of sp³-hybridized carbons (Fsp3) is 0.278. The van der Waals surface area contributed by atoms with E-state index in [-0.39, 0.29) is 10.9 Å². The van der Waals surface area contributed by atoms with Gasteiger partial charge < -0.3 is 15.4 Å². The molecule has 0 saturated heterocycles. The van der Waals surface area contributed by atoms with Gasteiger partial charge in [-0.3, -0.25) is 0 Å². The van der Waals surface area contributed by atoms with Crippen molar-refractivity contribution >= 4 is 21.6 Å². The summed E-state index contributed by atoms with van der Waals surface area (Å²) in [5, 5.41) is 5.51. The molecule has 2 aromatic rings. The minimum atomic E-state index is -3.22. The maximum absolute atomic E-state index is 11.7. The van der Waals surface area contributed by atoms with Crippen molar-refractivity contribution in [2.45, 2.75) is 18.7 Å². The van der Waals surface area contributed by atoms with Crippen LogP contribution >= 0.6 is 0 Å². The summed E-state index contributed by atoms with van der Waals surface area (Å²) in [6, 6.07) is 12.9. The SMILES string of the molecule is CC(C)CNC(=O)Nc1ccc(Oc2ccc(S(C)(=O)=O)cc2)cc1. The first-order valence-electron chi connectivity index (χ1n) is 7.87. The quantitative estimate of drug-likeness (QED) is 0.821. The lowest BCUT2D eigenvalue weighted by atomic mass is 10.2. The summed E-state index contributed by atoms with van der Waals surface area (Å²) >= 11 is 0. The van der Waals surface area contributed by atoms with E-state index in [1.165, 1.54) is 12.1 Å². The van der Waals surface area contributed by atoms with Gasteiger partial charge in [-0.05, 0) is 54.4 Å². The summed E-state index contributed by atoms with van der Waals surface area (Å²) in [4.78, 5) is 11.9. The van der Waals surface area contributed by atoms with E-state index in [1.807, 2.05) is 13.8 Å². The van der Waals surface area contributed by atoms with E-state index in [0.717, 1.165) is 6.26 Å². The monoisotopic (exact) mass is 362 g/mol. The van der Waals surface area contributed by atoms with Gasteiger partial charge >= 0.3 is 6.03 Å². The van der Waals surface area contributed by atoms with E-state index in [0.29, 0.717) is 29.6 Å². The lowest BCUT2D eigenvalue weighted by Gasteiger charge is -2.10. The standard InChI is InChI=1S/C18H22N2O4S/c1-13(2)12-19-18(21)20-14-4-6-15(7-5-14)24-16-8-10-17(11-9-16)25(3,22)23/h4-11,13H,12H2,1-3H3,(H2,19,20,21). The van der Waals surface area contributed by atoms with Gasteiger partial charge in [0.15, 0.2) is 9.84 Å². The molecule has 2 amide bonds. The van der Waals surface area contributed by atoms with E-state index >= 15 is 0 Å². The van der Waals surface area contributed by atoms with Crippen LogP contribution in [0.3, 0.4) is 0 Å². The number of benzene rings is 2. The topological polar surface area (TPSA) is 84.5 Å². The lowest BCUT2D eigenvalue weighted by molar-refractivity contribution is 0.251. The number of ether oxygens (including phenoxy) is 1. The molecule has 7 heteroatoms. The van der Waals surface area contributed by atoms with Crippen molar-refractivity contribution in [3.05, 3.63) is 48.5 Å². The number of hydrogen-bond donors (Lipinski definition) is 2. The van der Waals surface area contributed by atoms with E-state index in [1.54, 1.807) is 36.4 Å². The predicted octanol–water partition coefficient (Wildman–Crippen LogP) is 3.66. The van der Waals surface area contributed by atoms with Crippen molar-refractivity contribution in [1.29, 1.82) is 0 Å². The first-order valence-corrected chi connectivity index (χ1v) is 9.76. The van der Waals surface area contributed by atoms with Crippen LogP contribution in [0.1, 0.15) is 13.8 Å². The zero-order chi connectivity index (χ0) is 18.4. The molecule has 25 heavy (non-hydrogen) atoms. The van der Waals surface area contributed by atoms with Crippen molar-refractivity contribution in [2.75, 3.05) is 18.1 Å². The van der Waals surface area contributed by atoms with Gasteiger partial charge in [-0.2, -0.15) is 0 Å². The van der Waals surface area contributed by atoms with Crippen molar-refractivity contribution in [3.8, 4) is 11.5 Å². The molecule has 2 N–H and O–H groups in total. The third-order valence-electron chi connectivity index (χ3n) is 3.27. The highest BCUT2D eigenvalue weighted by molar-refractivity contribution is 7.90. The van der Waals surface area contributed by atoms with E-state index in [2.05, 4.69) is 10.6 Å². The molecule has 0 aliphatic carbocycles. The molecule has 0 spiro atoms. The molecule has 0 saturated carbocycles. The molecule has 0 fully saturated rings. The van der Waals surface area contributed by atoms with Crippen molar-refractivity contribution in [2.24, 2.45) is 5.92 Å². The minimum Gasteiger partial charge on any atom is -0.457 e. The van der Waals surface area contributed by atoms with Crippen LogP contribution in [-0.4, -0.2) is 27.2 Å². The number of carbonyl (C=O) groups is 1. The molecule has 6 nitrogen and oxygen atoms in total. The largest absolute Gasteiger partial charge is 0.457 e. The number of hydrogen-bond acceptors (Lipinski definition) is 4. The fourth-order valence-electron chi connectivity index (χ4n) is 1.97. The molecule has 0 radical (unpaired) electrons. The minimum absolute atomic E-state index is 0.242. The van der Waals surface area contributed by atoms with Gasteiger partial charge in [0.05, 0.1) is 4.90 Å². The Bertz CT molecular complexity index is 813. The summed E-state index contributed by atoms with van der Waals surface area (Å²) in [7, 11) is -3.22. The summed E-state index contributed by atoms with van der Waals surface area (Å²) in [5.74, 6) is 1.50. The lowest BCUT2D eigenvalue weighted by Crippen LogP contribution is -2.31. The van der Waals surface area contributed by atoms with Crippen LogP contribution in [0.2, 0.25) is 0 Å². The zero-order valence-corrected chi connectivity index (χ0v) is 15.3. The Kier molecular flexibility index (Phi) is 6.03. The molecule has 0 unspecified atom stereocenters. The molecule has 0 aliphatic heterocycles. The number of amides is 2. The van der Waals surface area contributed by atoms with Gasteiger partial charge in [0.1, 0.15) is 11.5 Å². The van der Waals surface area contributed by atoms with Crippen molar-refractivity contribution in [1.82, 2.24) is 5.32 Å². The van der Waals surface area contributed by atoms with Gasteiger partial charge in [0.25, 0.3) is 0 Å². The van der Waals surface area contributed by atoms with Crippen LogP contribution in [0.15, 0.2) is 53.4 Å². The van der Waals surface area contributed by atoms with Gasteiger partial charge in [-0.25, -0.2) is 13.2 Å². The zero-order valence-electron chi connectivity index (χ0n) is 14.4. The Balaban J connectivity index is 1.95. The second kappa shape index (κ2) is 8.02. The van der Waals surface area contributed by atoms with E-state index in [4.69, 9.17) is 4.74 Å². The predicted molar refractivity (Wildman–Crippen MR) is 97.9 cm³/mol. The number of nitrogens with one attached hydrogen (secondary N) is 2. The average molecular weight is 362 g/mol. The van der Waals surface area contributed by atoms with Crippen molar-refractivity contribution in [3.63, 3.8) is 0 Å². The second-order valence-corrected chi connectivity index (χ2v) is 8.11. The molecule has 0 aliphatic rings. The van der Waals surface area contributed by atoms with E-state index < -0.39 is 9.84 Å². The van der Waals surface area contributed by atoms with Crippen LogP contribution in [-0.2, 0) is 9.84 Å². The molecule has 0 heterocycles. The van der Waals surface area contributed by atoms with Gasteiger partial charge in [-0.1, -0.05) is 13.8 Å². The first kappa shape index (κ1) is 18.8. The fourth-order valence-corrected chi connectivity index (χ4v) is 2.60. The van der Waals surface area contributed by atoms with Crippen LogP contribution in [0.25, 0.3) is 0 Å². The Labute approximate surface area is 148 Å². The number of rotatable bonds is 6. The van der Waals surface area contributed by atoms with Crippen LogP contribution < -0.4 is 15.4 Å². The highest BCUT2D eigenvalue weighted by Gasteiger charge is 2.07. The van der Waals surface area contributed by atoms with Gasteiger partial charge in [0.2, 0.25) is 0 Å². The summed E-state index contributed by atoms with van der Waals surface area (Å²) in [5.41, 5.74) is 0.654. The second-order valence-electron chi connectivity index (χ2n) is 6.10. The summed E-state index contributed by atoms with van der Waals surface area (Å²) in [6.45, 7) is 4.65. The Hall–Kier alpha value is -2.54. The normalized spacial score (nSPS) is 11.2. The number of sulfone groups is 1. The Morgan fingerprint density at radius 1 is 1.00 bits per heavy atom. The molecule has 0 bridgehead atoms. The number of carbonyl (C=O) groups excluding carboxylic acids is 1. The maximum Gasteiger partial charge on any atom is 0.319 e. The molecule has 0 aromatic heterocycles. The molecule has 2 rings (SSSR count). The maximum atomic E-state index is 11.7. The van der Waals surface area contributed by atoms with Gasteiger partial charge in [-0.15, -0.1) is 0 Å². The third kappa shape index (κ3) is 6.11. The highest BCUT2D eigenvalue weighted by Crippen LogP contribution is 2.24. The Morgan fingerprint density at radius 3 is 2.00 bits per heavy atom. The third-order valence-corrected chi connectivity index (χ3v) is 4.40. The molecular formula is C18H22N2O4S. The Morgan fingerprint density at radius 2 is 1.52 bits per heavy atom. The summed E-state index contributed by atoms with van der Waals surface area (Å²) in [6.07, 6.45) is 1.16. The van der Waals surface area contributed by atoms with Crippen LogP contribution in [0, 0.1) is 5.92 Å². The van der Waals surface area contributed by atoms with Crippen molar-refractivity contribution < 1.29 is 17.9 Å². The molecule has 0 atom stereocenters.